The van der Waals surface area contributed by atoms with Crippen molar-refractivity contribution in [3.63, 3.8) is 0 Å². The molecule has 3 aromatic heterocycles. The van der Waals surface area contributed by atoms with Gasteiger partial charge in [-0.15, -0.1) is 0 Å². The number of rotatable bonds is 3. The zero-order valence-electron chi connectivity index (χ0n) is 11.9. The average Bonchev–Trinajstić information content (AvgIpc) is 2.53. The van der Waals surface area contributed by atoms with E-state index in [0.29, 0.717) is 11.4 Å². The number of fused-ring (bicyclic) bond motifs is 1. The second kappa shape index (κ2) is 6.05. The van der Waals surface area contributed by atoms with E-state index in [9.17, 15) is 9.59 Å². The van der Waals surface area contributed by atoms with Gasteiger partial charge in [-0.25, -0.2) is 19.9 Å². The number of carbonyl (C=O) groups is 1. The quantitative estimate of drug-likeness (QED) is 0.659. The number of carbonyl (C=O) groups excluding carboxylic acids is 1. The fourth-order valence-corrected chi connectivity index (χ4v) is 1.72. The average molecular weight is 310 g/mol. The Bertz CT molecular complexity index is 951. The van der Waals surface area contributed by atoms with Gasteiger partial charge in [0, 0.05) is 6.92 Å². The van der Waals surface area contributed by atoms with Crippen molar-refractivity contribution in [1.29, 1.82) is 0 Å². The van der Waals surface area contributed by atoms with Gasteiger partial charge < -0.3 is 0 Å². The monoisotopic (exact) mass is 310 g/mol. The smallest absolute Gasteiger partial charge is 0.280 e. The number of hydrogen-bond acceptors (Lipinski definition) is 8. The minimum Gasteiger partial charge on any atom is -0.296 e. The maximum atomic E-state index is 12.0. The Morgan fingerprint density at radius 1 is 1.26 bits per heavy atom. The van der Waals surface area contributed by atoms with Crippen molar-refractivity contribution >= 4 is 34.9 Å². The molecular weight excluding hydrogens is 300 g/mol. The Labute approximate surface area is 128 Å². The molecule has 1 amide bonds. The largest absolute Gasteiger partial charge is 0.296 e. The lowest BCUT2D eigenvalue weighted by molar-refractivity contribution is -0.114. The lowest BCUT2D eigenvalue weighted by Gasteiger charge is -2.02. The number of aromatic amines is 1. The topological polar surface area (TPSA) is 139 Å². The van der Waals surface area contributed by atoms with Crippen LogP contribution in [-0.2, 0) is 4.79 Å². The molecule has 10 heteroatoms. The fourth-order valence-electron chi connectivity index (χ4n) is 1.72. The highest BCUT2D eigenvalue weighted by Gasteiger charge is 2.08. The lowest BCUT2D eigenvalue weighted by Crippen LogP contribution is -2.17. The van der Waals surface area contributed by atoms with Gasteiger partial charge in [0.1, 0.15) is 12.0 Å². The highest BCUT2D eigenvalue weighted by Crippen LogP contribution is 2.07. The van der Waals surface area contributed by atoms with Crippen molar-refractivity contribution in [2.75, 3.05) is 5.32 Å². The Balaban J connectivity index is 1.96. The van der Waals surface area contributed by atoms with Crippen LogP contribution in [0.3, 0.4) is 0 Å². The summed E-state index contributed by atoms with van der Waals surface area (Å²) >= 11 is 0. The predicted molar refractivity (Wildman–Crippen MR) is 81.5 cm³/mol. The van der Waals surface area contributed by atoms with Crippen LogP contribution in [0.15, 0.2) is 34.7 Å². The van der Waals surface area contributed by atoms with Gasteiger partial charge in [-0.05, 0) is 0 Å². The standard InChI is InChI=1S/C13H10N8O2/c1-7(22)18-13-20-11-10(12(23)21-13)19-9(5-17-11)4-16-8-2-14-6-15-3-8/h2-6H,1H3,(H2,17,18,20,21,22,23). The number of anilines is 1. The van der Waals surface area contributed by atoms with Crippen molar-refractivity contribution in [1.82, 2.24) is 29.9 Å². The zero-order chi connectivity index (χ0) is 16.2. The number of nitrogens with one attached hydrogen (secondary N) is 2. The molecule has 114 valence electrons. The molecule has 0 saturated carbocycles. The van der Waals surface area contributed by atoms with E-state index in [2.05, 4.69) is 40.2 Å². The van der Waals surface area contributed by atoms with Crippen LogP contribution in [0.25, 0.3) is 11.2 Å². The third kappa shape index (κ3) is 3.37. The summed E-state index contributed by atoms with van der Waals surface area (Å²) in [6.07, 6.45) is 7.32. The van der Waals surface area contributed by atoms with Crippen LogP contribution in [0.2, 0.25) is 0 Å². The summed E-state index contributed by atoms with van der Waals surface area (Å²) in [5, 5.41) is 2.39. The summed E-state index contributed by atoms with van der Waals surface area (Å²) in [5.74, 6) is -0.332. The van der Waals surface area contributed by atoms with Crippen molar-refractivity contribution in [2.24, 2.45) is 4.99 Å². The molecule has 3 rings (SSSR count). The molecule has 0 aliphatic rings. The molecule has 0 bridgehead atoms. The van der Waals surface area contributed by atoms with Crippen molar-refractivity contribution in [3.05, 3.63) is 41.0 Å². The summed E-state index contributed by atoms with van der Waals surface area (Å²) < 4.78 is 0. The third-order valence-electron chi connectivity index (χ3n) is 2.62. The van der Waals surface area contributed by atoms with Gasteiger partial charge in [0.15, 0.2) is 11.2 Å². The van der Waals surface area contributed by atoms with E-state index in [0.717, 1.165) is 0 Å². The summed E-state index contributed by atoms with van der Waals surface area (Å²) in [4.78, 5) is 49.4. The fraction of sp³-hybridized carbons (Fsp3) is 0.0769. The van der Waals surface area contributed by atoms with E-state index in [1.165, 1.54) is 38.1 Å². The molecule has 0 saturated heterocycles. The van der Waals surface area contributed by atoms with E-state index in [-0.39, 0.29) is 23.0 Å². The van der Waals surface area contributed by atoms with Crippen molar-refractivity contribution in [2.45, 2.75) is 6.92 Å². The number of amides is 1. The highest BCUT2D eigenvalue weighted by molar-refractivity contribution is 5.87. The summed E-state index contributed by atoms with van der Waals surface area (Å²) in [7, 11) is 0. The summed E-state index contributed by atoms with van der Waals surface area (Å²) in [6, 6.07) is 0. The van der Waals surface area contributed by atoms with Gasteiger partial charge in [-0.2, -0.15) is 4.98 Å². The Morgan fingerprint density at radius 2 is 2.04 bits per heavy atom. The molecular formula is C13H10N8O2. The number of nitrogens with zero attached hydrogens (tertiary/aromatic N) is 6. The normalized spacial score (nSPS) is 11.0. The number of aromatic nitrogens is 6. The van der Waals surface area contributed by atoms with Crippen LogP contribution in [0, 0.1) is 0 Å². The van der Waals surface area contributed by atoms with E-state index < -0.39 is 5.56 Å². The van der Waals surface area contributed by atoms with Crippen LogP contribution in [-0.4, -0.2) is 42.0 Å². The first-order valence-electron chi connectivity index (χ1n) is 6.45. The van der Waals surface area contributed by atoms with E-state index in [4.69, 9.17) is 0 Å². The van der Waals surface area contributed by atoms with Crippen LogP contribution >= 0.6 is 0 Å². The predicted octanol–water partition coefficient (Wildman–Crippen LogP) is 0.212. The van der Waals surface area contributed by atoms with E-state index in [1.54, 1.807) is 0 Å². The van der Waals surface area contributed by atoms with E-state index in [1.807, 2.05) is 0 Å². The maximum Gasteiger partial charge on any atom is 0.280 e. The molecule has 23 heavy (non-hydrogen) atoms. The van der Waals surface area contributed by atoms with Crippen molar-refractivity contribution in [3.8, 4) is 0 Å². The van der Waals surface area contributed by atoms with Gasteiger partial charge in [0.05, 0.1) is 30.5 Å². The van der Waals surface area contributed by atoms with Crippen LogP contribution < -0.4 is 10.9 Å². The van der Waals surface area contributed by atoms with Gasteiger partial charge in [0.2, 0.25) is 11.9 Å². The van der Waals surface area contributed by atoms with Crippen LogP contribution in [0.1, 0.15) is 12.6 Å². The van der Waals surface area contributed by atoms with Gasteiger partial charge in [-0.3, -0.25) is 24.9 Å². The lowest BCUT2D eigenvalue weighted by atomic mass is 10.4. The molecule has 0 spiro atoms. The Morgan fingerprint density at radius 3 is 2.78 bits per heavy atom. The third-order valence-corrected chi connectivity index (χ3v) is 2.62. The molecule has 0 aliphatic heterocycles. The molecule has 10 nitrogen and oxygen atoms in total. The number of H-pyrrole nitrogens is 1. The second-order valence-corrected chi connectivity index (χ2v) is 4.42. The van der Waals surface area contributed by atoms with Gasteiger partial charge in [-0.1, -0.05) is 0 Å². The van der Waals surface area contributed by atoms with Gasteiger partial charge in [0.25, 0.3) is 5.56 Å². The highest BCUT2D eigenvalue weighted by atomic mass is 16.1. The molecule has 0 aromatic carbocycles. The molecule has 3 aromatic rings. The Kier molecular flexibility index (Phi) is 3.78. The zero-order valence-corrected chi connectivity index (χ0v) is 11.9. The molecule has 0 radical (unpaired) electrons. The SMILES string of the molecule is CC(=O)Nc1nc2ncc(C=Nc3cncnc3)nc2c(=O)[nH]1. The second-order valence-electron chi connectivity index (χ2n) is 4.42. The first kappa shape index (κ1) is 14.4. The minimum absolute atomic E-state index is 0.0205. The molecule has 3 heterocycles. The molecule has 0 unspecified atom stereocenters. The molecule has 0 aliphatic carbocycles. The summed E-state index contributed by atoms with van der Waals surface area (Å²) in [5.41, 5.74) is 0.581. The molecule has 0 atom stereocenters. The van der Waals surface area contributed by atoms with Crippen LogP contribution in [0.4, 0.5) is 11.6 Å². The number of aliphatic imine (C=N–C) groups is 1. The number of hydrogen-bond donors (Lipinski definition) is 2. The summed E-state index contributed by atoms with van der Waals surface area (Å²) in [6.45, 7) is 1.31. The molecule has 2 N–H and O–H groups in total. The Hall–Kier alpha value is -3.56. The maximum absolute atomic E-state index is 12.0. The minimum atomic E-state index is -0.510. The first-order valence-corrected chi connectivity index (χ1v) is 6.45. The molecule has 0 fully saturated rings. The van der Waals surface area contributed by atoms with Crippen molar-refractivity contribution < 1.29 is 4.79 Å². The first-order chi connectivity index (χ1) is 11.1. The van der Waals surface area contributed by atoms with Crippen LogP contribution in [0.5, 0.6) is 0 Å². The van der Waals surface area contributed by atoms with E-state index >= 15 is 0 Å². The van der Waals surface area contributed by atoms with Gasteiger partial charge >= 0.3 is 0 Å².